The van der Waals surface area contributed by atoms with Crippen molar-refractivity contribution in [2.45, 2.75) is 19.8 Å². The molecule has 0 N–H and O–H groups in total. The van der Waals surface area contributed by atoms with Crippen LogP contribution < -0.4 is 4.74 Å². The third-order valence-electron chi connectivity index (χ3n) is 4.42. The number of carbonyl (C=O) groups excluding carboxylic acids is 1. The number of hydrogen-bond donors (Lipinski definition) is 0. The lowest BCUT2D eigenvalue weighted by Gasteiger charge is -2.32. The third-order valence-corrected chi connectivity index (χ3v) is 4.91. The summed E-state index contributed by atoms with van der Waals surface area (Å²) in [5.74, 6) is 1.50. The summed E-state index contributed by atoms with van der Waals surface area (Å²) >= 11 is 3.42. The van der Waals surface area contributed by atoms with Gasteiger partial charge in [-0.3, -0.25) is 9.78 Å². The maximum atomic E-state index is 12.5. The first-order valence-electron chi connectivity index (χ1n) is 8.22. The molecule has 4 nitrogen and oxygen atoms in total. The molecular formula is C19H21BrN2O2. The van der Waals surface area contributed by atoms with Gasteiger partial charge < -0.3 is 9.64 Å². The van der Waals surface area contributed by atoms with Gasteiger partial charge in [-0.2, -0.15) is 0 Å². The Kier molecular flexibility index (Phi) is 5.51. The number of nitrogens with zero attached hydrogens (tertiary/aromatic N) is 2. The maximum absolute atomic E-state index is 12.5. The van der Waals surface area contributed by atoms with E-state index in [0.717, 1.165) is 47.3 Å². The number of rotatable bonds is 4. The molecule has 0 unspecified atom stereocenters. The van der Waals surface area contributed by atoms with Gasteiger partial charge in [0.1, 0.15) is 5.75 Å². The number of pyridine rings is 1. The number of benzene rings is 1. The Morgan fingerprint density at radius 1 is 1.33 bits per heavy atom. The van der Waals surface area contributed by atoms with Gasteiger partial charge in [0.2, 0.25) is 0 Å². The van der Waals surface area contributed by atoms with E-state index in [1.165, 1.54) is 0 Å². The fraction of sp³-hybridized carbons (Fsp3) is 0.368. The lowest BCUT2D eigenvalue weighted by molar-refractivity contribution is 0.0661. The number of hydrogen-bond acceptors (Lipinski definition) is 3. The van der Waals surface area contributed by atoms with Crippen LogP contribution in [0, 0.1) is 12.8 Å². The van der Waals surface area contributed by atoms with Crippen LogP contribution in [0.1, 0.15) is 28.8 Å². The first kappa shape index (κ1) is 17.0. The molecule has 0 radical (unpaired) electrons. The SMILES string of the molecule is Cc1cnccc1OCC1CCN(C(=O)c2cccc(Br)c2)CC1. The molecule has 1 aromatic carbocycles. The summed E-state index contributed by atoms with van der Waals surface area (Å²) in [7, 11) is 0. The van der Waals surface area contributed by atoms with Gasteiger partial charge in [0, 0.05) is 41.1 Å². The van der Waals surface area contributed by atoms with E-state index in [1.807, 2.05) is 48.4 Å². The average Bonchev–Trinajstić information content (AvgIpc) is 2.61. The van der Waals surface area contributed by atoms with Crippen LogP contribution in [0.2, 0.25) is 0 Å². The number of amides is 1. The molecule has 1 amide bonds. The minimum atomic E-state index is 0.112. The molecule has 2 heterocycles. The second-order valence-electron chi connectivity index (χ2n) is 6.20. The van der Waals surface area contributed by atoms with Crippen molar-refractivity contribution in [3.8, 4) is 5.75 Å². The van der Waals surface area contributed by atoms with Crippen molar-refractivity contribution in [1.29, 1.82) is 0 Å². The number of aryl methyl sites for hydroxylation is 1. The topological polar surface area (TPSA) is 42.4 Å². The van der Waals surface area contributed by atoms with Gasteiger partial charge in [-0.25, -0.2) is 0 Å². The molecule has 1 saturated heterocycles. The van der Waals surface area contributed by atoms with Crippen molar-refractivity contribution in [1.82, 2.24) is 9.88 Å². The van der Waals surface area contributed by atoms with E-state index in [9.17, 15) is 4.79 Å². The average molecular weight is 389 g/mol. The molecule has 1 fully saturated rings. The second-order valence-corrected chi connectivity index (χ2v) is 7.11. The molecule has 0 bridgehead atoms. The van der Waals surface area contributed by atoms with Crippen LogP contribution in [0.3, 0.4) is 0 Å². The van der Waals surface area contributed by atoms with E-state index in [-0.39, 0.29) is 5.91 Å². The summed E-state index contributed by atoms with van der Waals surface area (Å²) in [6.45, 7) is 4.27. The molecular weight excluding hydrogens is 368 g/mol. The van der Waals surface area contributed by atoms with E-state index in [4.69, 9.17) is 4.74 Å². The highest BCUT2D eigenvalue weighted by molar-refractivity contribution is 9.10. The lowest BCUT2D eigenvalue weighted by Crippen LogP contribution is -2.39. The number of piperidine rings is 1. The van der Waals surface area contributed by atoms with Crippen LogP contribution in [-0.4, -0.2) is 35.5 Å². The highest BCUT2D eigenvalue weighted by Crippen LogP contribution is 2.22. The lowest BCUT2D eigenvalue weighted by atomic mass is 9.97. The zero-order valence-corrected chi connectivity index (χ0v) is 15.3. The summed E-state index contributed by atoms with van der Waals surface area (Å²) in [5, 5.41) is 0. The first-order chi connectivity index (χ1) is 11.6. The molecule has 0 spiro atoms. The Morgan fingerprint density at radius 3 is 2.83 bits per heavy atom. The molecule has 0 aliphatic carbocycles. The predicted molar refractivity (Wildman–Crippen MR) is 97.2 cm³/mol. The smallest absolute Gasteiger partial charge is 0.253 e. The summed E-state index contributed by atoms with van der Waals surface area (Å²) in [4.78, 5) is 18.6. The zero-order chi connectivity index (χ0) is 16.9. The van der Waals surface area contributed by atoms with Crippen LogP contribution in [0.15, 0.2) is 47.2 Å². The molecule has 1 aliphatic heterocycles. The largest absolute Gasteiger partial charge is 0.493 e. The fourth-order valence-corrected chi connectivity index (χ4v) is 3.34. The Hall–Kier alpha value is -1.88. The van der Waals surface area contributed by atoms with E-state index >= 15 is 0 Å². The standard InChI is InChI=1S/C19H21BrN2O2/c1-14-12-21-8-5-18(14)24-13-15-6-9-22(10-7-15)19(23)16-3-2-4-17(20)11-16/h2-5,8,11-12,15H,6-7,9-10,13H2,1H3. The van der Waals surface area contributed by atoms with E-state index in [1.54, 1.807) is 6.20 Å². The van der Waals surface area contributed by atoms with Gasteiger partial charge in [-0.05, 0) is 49.9 Å². The highest BCUT2D eigenvalue weighted by atomic mass is 79.9. The van der Waals surface area contributed by atoms with Gasteiger partial charge in [0.05, 0.1) is 6.61 Å². The first-order valence-corrected chi connectivity index (χ1v) is 9.01. The number of ether oxygens (including phenoxy) is 1. The number of likely N-dealkylation sites (tertiary alicyclic amines) is 1. The van der Waals surface area contributed by atoms with Crippen molar-refractivity contribution >= 4 is 21.8 Å². The molecule has 0 saturated carbocycles. The summed E-state index contributed by atoms with van der Waals surface area (Å²) in [6.07, 6.45) is 5.52. The van der Waals surface area contributed by atoms with Crippen LogP contribution in [0.4, 0.5) is 0 Å². The Bertz CT molecular complexity index is 712. The van der Waals surface area contributed by atoms with Crippen molar-refractivity contribution in [2.24, 2.45) is 5.92 Å². The van der Waals surface area contributed by atoms with E-state index in [2.05, 4.69) is 20.9 Å². The van der Waals surface area contributed by atoms with Crippen LogP contribution in [-0.2, 0) is 0 Å². The van der Waals surface area contributed by atoms with E-state index < -0.39 is 0 Å². The number of halogens is 1. The van der Waals surface area contributed by atoms with Crippen molar-refractivity contribution < 1.29 is 9.53 Å². The molecule has 0 atom stereocenters. The summed E-state index contributed by atoms with van der Waals surface area (Å²) in [6, 6.07) is 9.48. The minimum Gasteiger partial charge on any atom is -0.493 e. The molecule has 24 heavy (non-hydrogen) atoms. The summed E-state index contributed by atoms with van der Waals surface area (Å²) < 4.78 is 6.86. The fourth-order valence-electron chi connectivity index (χ4n) is 2.94. The van der Waals surface area contributed by atoms with Crippen molar-refractivity contribution in [2.75, 3.05) is 19.7 Å². The zero-order valence-electron chi connectivity index (χ0n) is 13.7. The van der Waals surface area contributed by atoms with Crippen LogP contribution in [0.5, 0.6) is 5.75 Å². The number of carbonyl (C=O) groups is 1. The molecule has 1 aromatic heterocycles. The number of aromatic nitrogens is 1. The van der Waals surface area contributed by atoms with Crippen LogP contribution >= 0.6 is 15.9 Å². The monoisotopic (exact) mass is 388 g/mol. The Morgan fingerprint density at radius 2 is 2.12 bits per heavy atom. The molecule has 2 aromatic rings. The molecule has 3 rings (SSSR count). The summed E-state index contributed by atoms with van der Waals surface area (Å²) in [5.41, 5.74) is 1.80. The quantitative estimate of drug-likeness (QED) is 0.791. The van der Waals surface area contributed by atoms with Gasteiger partial charge in [-0.15, -0.1) is 0 Å². The molecule has 5 heteroatoms. The van der Waals surface area contributed by atoms with Gasteiger partial charge >= 0.3 is 0 Å². The minimum absolute atomic E-state index is 0.112. The van der Waals surface area contributed by atoms with Crippen LogP contribution in [0.25, 0.3) is 0 Å². The van der Waals surface area contributed by atoms with Crippen molar-refractivity contribution in [3.05, 3.63) is 58.3 Å². The van der Waals surface area contributed by atoms with E-state index in [0.29, 0.717) is 12.5 Å². The Labute approximate surface area is 151 Å². The molecule has 1 aliphatic rings. The van der Waals surface area contributed by atoms with Gasteiger partial charge in [0.15, 0.2) is 0 Å². The molecule has 126 valence electrons. The third kappa shape index (κ3) is 4.15. The van der Waals surface area contributed by atoms with Gasteiger partial charge in [0.25, 0.3) is 5.91 Å². The normalized spacial score (nSPS) is 15.3. The maximum Gasteiger partial charge on any atom is 0.253 e. The predicted octanol–water partition coefficient (Wildman–Crippen LogP) is 4.08. The second kappa shape index (κ2) is 7.79. The van der Waals surface area contributed by atoms with Gasteiger partial charge in [-0.1, -0.05) is 22.0 Å². The Balaban J connectivity index is 1.51. The highest BCUT2D eigenvalue weighted by Gasteiger charge is 2.24. The van der Waals surface area contributed by atoms with Crippen molar-refractivity contribution in [3.63, 3.8) is 0 Å².